The fourth-order valence-corrected chi connectivity index (χ4v) is 2.19. The lowest BCUT2D eigenvalue weighted by Crippen LogP contribution is -2.24. The molecule has 4 heteroatoms. The summed E-state index contributed by atoms with van der Waals surface area (Å²) in [4.78, 5) is 17.7. The normalized spacial score (nSPS) is 21.1. The van der Waals surface area contributed by atoms with Gasteiger partial charge in [-0.25, -0.2) is 0 Å². The van der Waals surface area contributed by atoms with Crippen molar-refractivity contribution in [2.45, 2.75) is 13.3 Å². The van der Waals surface area contributed by atoms with E-state index in [-0.39, 0.29) is 5.91 Å². The molecule has 1 amide bonds. The van der Waals surface area contributed by atoms with Gasteiger partial charge in [0, 0.05) is 24.0 Å². The number of rotatable bonds is 2. The molecule has 1 fully saturated rings. The van der Waals surface area contributed by atoms with Crippen molar-refractivity contribution in [1.82, 2.24) is 4.98 Å². The van der Waals surface area contributed by atoms with Crippen molar-refractivity contribution in [1.29, 1.82) is 0 Å². The van der Waals surface area contributed by atoms with Crippen LogP contribution in [-0.4, -0.2) is 22.8 Å². The van der Waals surface area contributed by atoms with Gasteiger partial charge in [-0.3, -0.25) is 9.78 Å². The SMILES string of the molecule is Cc1ccc(N2CC(CBr)CC2=O)cn1. The summed E-state index contributed by atoms with van der Waals surface area (Å²) in [7, 11) is 0. The Morgan fingerprint density at radius 3 is 2.93 bits per heavy atom. The van der Waals surface area contributed by atoms with Gasteiger partial charge in [0.2, 0.25) is 5.91 Å². The molecule has 0 spiro atoms. The molecule has 0 aromatic carbocycles. The maximum absolute atomic E-state index is 11.7. The number of carbonyl (C=O) groups is 1. The zero-order chi connectivity index (χ0) is 10.8. The fraction of sp³-hybridized carbons (Fsp3) is 0.455. The molecule has 0 radical (unpaired) electrons. The van der Waals surface area contributed by atoms with Crippen LogP contribution in [0.1, 0.15) is 12.1 Å². The van der Waals surface area contributed by atoms with Crippen LogP contribution in [0.25, 0.3) is 0 Å². The first-order valence-corrected chi connectivity index (χ1v) is 6.12. The lowest BCUT2D eigenvalue weighted by molar-refractivity contribution is -0.117. The molecule has 1 aromatic heterocycles. The summed E-state index contributed by atoms with van der Waals surface area (Å²) in [5.74, 6) is 0.629. The van der Waals surface area contributed by atoms with Gasteiger partial charge in [-0.2, -0.15) is 0 Å². The summed E-state index contributed by atoms with van der Waals surface area (Å²) in [5, 5.41) is 0.883. The maximum atomic E-state index is 11.7. The highest BCUT2D eigenvalue weighted by Gasteiger charge is 2.29. The number of hydrogen-bond acceptors (Lipinski definition) is 2. The Hall–Kier alpha value is -0.900. The van der Waals surface area contributed by atoms with E-state index in [1.54, 1.807) is 6.20 Å². The van der Waals surface area contributed by atoms with Gasteiger partial charge in [-0.15, -0.1) is 0 Å². The topological polar surface area (TPSA) is 33.2 Å². The van der Waals surface area contributed by atoms with E-state index in [0.29, 0.717) is 12.3 Å². The van der Waals surface area contributed by atoms with E-state index < -0.39 is 0 Å². The van der Waals surface area contributed by atoms with Crippen molar-refractivity contribution in [3.05, 3.63) is 24.0 Å². The number of anilines is 1. The van der Waals surface area contributed by atoms with Gasteiger partial charge in [-0.1, -0.05) is 15.9 Å². The van der Waals surface area contributed by atoms with Crippen molar-refractivity contribution in [3.63, 3.8) is 0 Å². The maximum Gasteiger partial charge on any atom is 0.227 e. The molecule has 0 bridgehead atoms. The third-order valence-corrected chi connectivity index (χ3v) is 3.55. The van der Waals surface area contributed by atoms with Crippen LogP contribution in [0.5, 0.6) is 0 Å². The Morgan fingerprint density at radius 1 is 1.60 bits per heavy atom. The molecule has 0 aliphatic carbocycles. The molecule has 1 unspecified atom stereocenters. The van der Waals surface area contributed by atoms with E-state index in [0.717, 1.165) is 23.3 Å². The van der Waals surface area contributed by atoms with Gasteiger partial charge >= 0.3 is 0 Å². The second kappa shape index (κ2) is 4.31. The van der Waals surface area contributed by atoms with Crippen LogP contribution in [0, 0.1) is 12.8 Å². The first-order chi connectivity index (χ1) is 7.20. The number of amides is 1. The number of carbonyl (C=O) groups excluding carboxylic acids is 1. The first kappa shape index (κ1) is 10.6. The molecular weight excluding hydrogens is 256 g/mol. The van der Waals surface area contributed by atoms with Crippen molar-refractivity contribution in [2.75, 3.05) is 16.8 Å². The zero-order valence-electron chi connectivity index (χ0n) is 8.61. The van der Waals surface area contributed by atoms with E-state index in [1.165, 1.54) is 0 Å². The van der Waals surface area contributed by atoms with Crippen LogP contribution in [0.15, 0.2) is 18.3 Å². The van der Waals surface area contributed by atoms with E-state index in [1.807, 2.05) is 24.0 Å². The van der Waals surface area contributed by atoms with Crippen LogP contribution in [0.4, 0.5) is 5.69 Å². The summed E-state index contributed by atoms with van der Waals surface area (Å²) >= 11 is 3.42. The minimum absolute atomic E-state index is 0.199. The molecule has 0 saturated carbocycles. The molecule has 3 nitrogen and oxygen atoms in total. The average Bonchev–Trinajstić information content (AvgIpc) is 2.61. The molecule has 1 atom stereocenters. The minimum atomic E-state index is 0.199. The molecule has 80 valence electrons. The van der Waals surface area contributed by atoms with Crippen molar-refractivity contribution in [2.24, 2.45) is 5.92 Å². The first-order valence-electron chi connectivity index (χ1n) is 4.99. The van der Waals surface area contributed by atoms with Crippen molar-refractivity contribution >= 4 is 27.5 Å². The third kappa shape index (κ3) is 2.20. The molecule has 1 aliphatic rings. The molecule has 1 aromatic rings. The van der Waals surface area contributed by atoms with Gasteiger partial charge in [-0.05, 0) is 25.0 Å². The lowest BCUT2D eigenvalue weighted by Gasteiger charge is -2.15. The van der Waals surface area contributed by atoms with E-state index in [2.05, 4.69) is 20.9 Å². The van der Waals surface area contributed by atoms with E-state index >= 15 is 0 Å². The molecule has 2 rings (SSSR count). The summed E-state index contributed by atoms with van der Waals surface area (Å²) in [5.41, 5.74) is 1.89. The molecule has 2 heterocycles. The Kier molecular flexibility index (Phi) is 3.05. The number of aryl methyl sites for hydroxylation is 1. The van der Waals surface area contributed by atoms with Crippen LogP contribution in [-0.2, 0) is 4.79 Å². The van der Waals surface area contributed by atoms with Crippen molar-refractivity contribution in [3.8, 4) is 0 Å². The van der Waals surface area contributed by atoms with Gasteiger partial charge in [0.25, 0.3) is 0 Å². The second-order valence-electron chi connectivity index (χ2n) is 3.89. The zero-order valence-corrected chi connectivity index (χ0v) is 10.2. The third-order valence-electron chi connectivity index (χ3n) is 2.63. The number of alkyl halides is 1. The highest BCUT2D eigenvalue weighted by atomic mass is 79.9. The van der Waals surface area contributed by atoms with E-state index in [4.69, 9.17) is 0 Å². The Bertz CT molecular complexity index is 363. The van der Waals surface area contributed by atoms with Crippen LogP contribution < -0.4 is 4.90 Å². The van der Waals surface area contributed by atoms with Gasteiger partial charge in [0.15, 0.2) is 0 Å². The van der Waals surface area contributed by atoms with Gasteiger partial charge in [0.1, 0.15) is 0 Å². The van der Waals surface area contributed by atoms with Crippen LogP contribution in [0.3, 0.4) is 0 Å². The van der Waals surface area contributed by atoms with Gasteiger partial charge in [0.05, 0.1) is 11.9 Å². The number of nitrogens with zero attached hydrogens (tertiary/aromatic N) is 2. The highest BCUT2D eigenvalue weighted by Crippen LogP contribution is 2.25. The Labute approximate surface area is 97.6 Å². The molecule has 1 saturated heterocycles. The number of aromatic nitrogens is 1. The smallest absolute Gasteiger partial charge is 0.227 e. The van der Waals surface area contributed by atoms with Crippen molar-refractivity contribution < 1.29 is 4.79 Å². The standard InChI is InChI=1S/C11H13BrN2O/c1-8-2-3-10(6-13-8)14-7-9(5-12)4-11(14)15/h2-3,6,9H,4-5,7H2,1H3. The molecule has 1 aliphatic heterocycles. The van der Waals surface area contributed by atoms with Crippen LogP contribution in [0.2, 0.25) is 0 Å². The van der Waals surface area contributed by atoms with E-state index in [9.17, 15) is 4.79 Å². The fourth-order valence-electron chi connectivity index (χ4n) is 1.75. The summed E-state index contributed by atoms with van der Waals surface area (Å²) in [6, 6.07) is 3.89. The van der Waals surface area contributed by atoms with Gasteiger partial charge < -0.3 is 4.90 Å². The highest BCUT2D eigenvalue weighted by molar-refractivity contribution is 9.09. The molecule has 15 heavy (non-hydrogen) atoms. The molecule has 0 N–H and O–H groups in total. The quantitative estimate of drug-likeness (QED) is 0.771. The summed E-state index contributed by atoms with van der Waals surface area (Å²) < 4.78 is 0. The average molecular weight is 269 g/mol. The number of pyridine rings is 1. The number of hydrogen-bond donors (Lipinski definition) is 0. The number of halogens is 1. The summed E-state index contributed by atoms with van der Waals surface area (Å²) in [6.07, 6.45) is 2.41. The Balaban J connectivity index is 2.18. The second-order valence-corrected chi connectivity index (χ2v) is 4.53. The Morgan fingerprint density at radius 2 is 2.40 bits per heavy atom. The summed E-state index contributed by atoms with van der Waals surface area (Å²) in [6.45, 7) is 2.74. The predicted molar refractivity (Wildman–Crippen MR) is 63.2 cm³/mol. The largest absolute Gasteiger partial charge is 0.311 e. The molecular formula is C11H13BrN2O. The predicted octanol–water partition coefficient (Wildman–Crippen LogP) is 2.14. The monoisotopic (exact) mass is 268 g/mol. The minimum Gasteiger partial charge on any atom is -0.311 e. The lowest BCUT2D eigenvalue weighted by atomic mass is 10.2. The van der Waals surface area contributed by atoms with Crippen LogP contribution >= 0.6 is 15.9 Å².